The molecule has 0 amide bonds. The van der Waals surface area contributed by atoms with Crippen molar-refractivity contribution in [2.75, 3.05) is 20.3 Å². The van der Waals surface area contributed by atoms with Gasteiger partial charge in [0.25, 0.3) is 0 Å². The summed E-state index contributed by atoms with van der Waals surface area (Å²) in [6, 6.07) is 74.6. The van der Waals surface area contributed by atoms with Gasteiger partial charge in [0.1, 0.15) is 35.3 Å². The molecular formula is C120H117F4N15O4. The number of esters is 1. The summed E-state index contributed by atoms with van der Waals surface area (Å²) in [6.45, 7) is 7.00. The summed E-state index contributed by atoms with van der Waals surface area (Å²) in [5.41, 5.74) is 19.1. The van der Waals surface area contributed by atoms with E-state index in [4.69, 9.17) is 34.7 Å². The number of aliphatic hydroxyl groups is 1. The molecule has 0 fully saturated rings. The minimum absolute atomic E-state index is 0.00915. The van der Waals surface area contributed by atoms with Crippen LogP contribution in [0.5, 0.6) is 5.75 Å². The van der Waals surface area contributed by atoms with E-state index in [0.717, 1.165) is 223 Å². The van der Waals surface area contributed by atoms with Gasteiger partial charge in [-0.2, -0.15) is 5.26 Å². The molecule has 19 nitrogen and oxygen atoms in total. The zero-order chi connectivity index (χ0) is 99.6. The number of aryl methyl sites for hydroxylation is 4. The molecule has 7 aromatic carbocycles. The molecule has 0 saturated carbocycles. The second-order valence-electron chi connectivity index (χ2n) is 33.9. The summed E-state index contributed by atoms with van der Waals surface area (Å²) in [4.78, 5) is 55.6. The van der Waals surface area contributed by atoms with Crippen LogP contribution in [0, 0.1) is 82.0 Å². The highest BCUT2D eigenvalue weighted by Crippen LogP contribution is 2.39. The summed E-state index contributed by atoms with van der Waals surface area (Å²) < 4.78 is 73.6. The van der Waals surface area contributed by atoms with Crippen molar-refractivity contribution < 1.29 is 36.9 Å². The Labute approximate surface area is 836 Å². The Hall–Kier alpha value is -16.3. The molecule has 0 bridgehead atoms. The molecule has 0 spiro atoms. The number of aliphatic hydroxyl groups excluding tert-OH is 1. The summed E-state index contributed by atoms with van der Waals surface area (Å²) in [6.07, 6.45) is 38.6. The van der Waals surface area contributed by atoms with Gasteiger partial charge in [0.15, 0.2) is 23.3 Å². The maximum Gasteiger partial charge on any atom is 0.302 e. The van der Waals surface area contributed by atoms with Gasteiger partial charge in [-0.05, 0) is 288 Å². The van der Waals surface area contributed by atoms with Crippen LogP contribution >= 0.6 is 0 Å². The Kier molecular flexibility index (Phi) is 41.7. The van der Waals surface area contributed by atoms with Crippen molar-refractivity contribution >= 4 is 5.97 Å². The van der Waals surface area contributed by atoms with Crippen molar-refractivity contribution in [3.8, 4) is 149 Å². The van der Waals surface area contributed by atoms with Crippen LogP contribution in [-0.2, 0) is 61.4 Å². The van der Waals surface area contributed by atoms with Gasteiger partial charge in [-0.25, -0.2) is 47.5 Å². The minimum Gasteiger partial charge on any atom is -0.497 e. The van der Waals surface area contributed by atoms with Gasteiger partial charge in [-0.15, -0.1) is 0 Å². The van der Waals surface area contributed by atoms with Crippen LogP contribution in [0.25, 0.3) is 90.1 Å². The number of hydrogen-bond donors (Lipinski definition) is 1. The fourth-order valence-electron chi connectivity index (χ4n) is 16.4. The molecular weight excluding hydrogens is 1790 g/mol. The van der Waals surface area contributed by atoms with E-state index in [1.54, 1.807) is 118 Å². The lowest BCUT2D eigenvalue weighted by Crippen LogP contribution is -2.05. The molecule has 9 heterocycles. The molecule has 0 aliphatic carbocycles. The third-order valence-electron chi connectivity index (χ3n) is 23.6. The van der Waals surface area contributed by atoms with E-state index in [-0.39, 0.29) is 35.8 Å². The third kappa shape index (κ3) is 32.1. The lowest BCUT2D eigenvalue weighted by atomic mass is 10.0. The molecule has 724 valence electrons. The van der Waals surface area contributed by atoms with Crippen molar-refractivity contribution in [2.24, 2.45) is 0 Å². The highest BCUT2D eigenvalue weighted by molar-refractivity contribution is 5.83. The van der Waals surface area contributed by atoms with Gasteiger partial charge in [0.05, 0.1) is 71.9 Å². The average molecular weight is 1910 g/mol. The van der Waals surface area contributed by atoms with Gasteiger partial charge >= 0.3 is 5.97 Å². The predicted molar refractivity (Wildman–Crippen MR) is 556 cm³/mol. The Balaban J connectivity index is 0.000000160. The molecule has 23 heteroatoms. The van der Waals surface area contributed by atoms with Crippen LogP contribution in [0.4, 0.5) is 17.6 Å². The Morgan fingerprint density at radius 3 is 1.05 bits per heavy atom. The van der Waals surface area contributed by atoms with Gasteiger partial charge in [0.2, 0.25) is 0 Å². The molecule has 0 atom stereocenters. The van der Waals surface area contributed by atoms with E-state index in [9.17, 15) is 27.5 Å². The minimum atomic E-state index is -0.299. The standard InChI is InChI=1S/C33H36FN3O.C29H28FN5O2.C29H25FN4.C29H28FN3O/c1-3-4-5-6-7-8-9-12-31-36-32(27-15-17-29(34)18-16-27)33(28-21-23-35-24-22-28)37(31)25-10-11-26-13-19-30(38-2)20-14-26;1-22(36)37-20-5-3-2-4-8-27-34-28(23-9-11-25(30)12-10-23)29(24-13-16-31-17-14-24)35(27)19-6-7-26-15-18-32-21-33-26;30-26-15-13-24(14-16-26)28-29(25-17-20-32-21-18-25)34(27(33-28)12-5-2-7-19-31)22-8-6-11-23-9-3-1-4-10-23;30-26-15-13-24(14-16-26)28-29(25-17-19-31-20-18-25)33(27(32-28)12-6-8-22-34)21-7-2-5-11-23-9-3-1-4-10-23/h13-24H,3-8,10-11,25H2,1-2H3;9-18,21H,2-3,5-7,19-20H2,1H3;1,3-4,9-10,13-18,20-21H,2,6-8,11,22H2;1,3-4,9-10,13-20,34H,2,5,7-8,11,21-22H2. The van der Waals surface area contributed by atoms with Crippen LogP contribution < -0.4 is 4.74 Å². The molecule has 1 N–H and O–H groups in total. The average Bonchev–Trinajstić information content (AvgIpc) is 1.64. The molecule has 0 aliphatic rings. The number of imidazole rings is 4. The highest BCUT2D eigenvalue weighted by Gasteiger charge is 2.25. The maximum absolute atomic E-state index is 13.7. The van der Waals surface area contributed by atoms with Crippen LogP contribution in [0.15, 0.2) is 299 Å². The molecule has 16 rings (SSSR count). The largest absolute Gasteiger partial charge is 0.497 e. The SMILES string of the molecule is CC(=O)OCCCCC#Cc1nc(-c2ccc(F)cc2)c(-c2ccncc2)n1CCCc1ccncn1.CCCCCCCC#Cc1nc(-c2ccc(F)cc2)c(-c2ccncc2)n1CCCc1ccc(OC)cc1.N#CCCC#Cc1nc(-c2ccc(F)cc2)c(-c2ccncc2)n1CCCCc1ccccc1.OCCC#Cc1nc(-c2ccc(F)cc2)c(-c2ccncc2)n1CCCCCc1ccccc1. The first-order chi connectivity index (χ1) is 70.3. The Morgan fingerprint density at radius 1 is 0.343 bits per heavy atom. The zero-order valence-electron chi connectivity index (χ0n) is 81.2. The van der Waals surface area contributed by atoms with Gasteiger partial charge < -0.3 is 32.8 Å². The second kappa shape index (κ2) is 57.3. The van der Waals surface area contributed by atoms with Crippen LogP contribution in [0.2, 0.25) is 0 Å². The first-order valence-electron chi connectivity index (χ1n) is 48.9. The molecule has 0 radical (unpaired) electrons. The van der Waals surface area contributed by atoms with Crippen LogP contribution in [-0.4, -0.2) is 99.5 Å². The number of methoxy groups -OCH3 is 1. The monoisotopic (exact) mass is 1910 g/mol. The summed E-state index contributed by atoms with van der Waals surface area (Å²) >= 11 is 0. The third-order valence-corrected chi connectivity index (χ3v) is 23.6. The number of carbonyl (C=O) groups is 1. The Bertz CT molecular complexity index is 6920. The smallest absolute Gasteiger partial charge is 0.302 e. The fraction of sp³-hybridized carbons (Fsp3) is 0.267. The van der Waals surface area contributed by atoms with Crippen molar-refractivity contribution in [1.29, 1.82) is 5.26 Å². The molecule has 143 heavy (non-hydrogen) atoms. The molecule has 9 aromatic heterocycles. The lowest BCUT2D eigenvalue weighted by molar-refractivity contribution is -0.141. The first-order valence-corrected chi connectivity index (χ1v) is 48.9. The predicted octanol–water partition coefficient (Wildman–Crippen LogP) is 25.7. The molecule has 0 unspecified atom stereocenters. The first kappa shape index (κ1) is 104. The number of carbonyl (C=O) groups excluding carboxylic acids is 1. The van der Waals surface area contributed by atoms with Crippen molar-refractivity contribution in [2.45, 2.75) is 188 Å². The van der Waals surface area contributed by atoms with Crippen molar-refractivity contribution in [3.63, 3.8) is 0 Å². The van der Waals surface area contributed by atoms with E-state index in [1.165, 1.54) is 97.8 Å². The van der Waals surface area contributed by atoms with Crippen LogP contribution in [0.1, 0.15) is 182 Å². The number of halogens is 4. The van der Waals surface area contributed by atoms with E-state index in [2.05, 4.69) is 169 Å². The number of hydrogen-bond acceptors (Lipinski definition) is 15. The van der Waals surface area contributed by atoms with Crippen molar-refractivity contribution in [1.82, 2.24) is 68.1 Å². The van der Waals surface area contributed by atoms with Gasteiger partial charge in [-0.1, -0.05) is 136 Å². The summed E-state index contributed by atoms with van der Waals surface area (Å²) in [7, 11) is 1.68. The second-order valence-corrected chi connectivity index (χ2v) is 33.9. The number of aromatic nitrogens is 14. The molecule has 0 aliphatic heterocycles. The number of nitrogens with zero attached hydrogens (tertiary/aromatic N) is 15. The summed E-state index contributed by atoms with van der Waals surface area (Å²) in [5, 5.41) is 18.0. The van der Waals surface area contributed by atoms with E-state index >= 15 is 0 Å². The number of benzene rings is 7. The normalized spacial score (nSPS) is 10.6. The van der Waals surface area contributed by atoms with E-state index in [0.29, 0.717) is 56.3 Å². The number of nitriles is 1. The van der Waals surface area contributed by atoms with E-state index in [1.807, 2.05) is 78.9 Å². The number of unbranched alkanes of at least 4 members (excludes halogenated alkanes) is 11. The topological polar surface area (TPSA) is 228 Å². The van der Waals surface area contributed by atoms with Crippen LogP contribution in [0.3, 0.4) is 0 Å². The Morgan fingerprint density at radius 2 is 0.678 bits per heavy atom. The number of ether oxygens (including phenoxy) is 2. The quantitative estimate of drug-likeness (QED) is 0.0163. The highest BCUT2D eigenvalue weighted by atomic mass is 19.1. The maximum atomic E-state index is 13.7. The van der Waals surface area contributed by atoms with Crippen molar-refractivity contribution in [3.05, 3.63) is 368 Å². The van der Waals surface area contributed by atoms with Gasteiger partial charge in [0, 0.05) is 171 Å². The van der Waals surface area contributed by atoms with E-state index < -0.39 is 0 Å². The zero-order valence-corrected chi connectivity index (χ0v) is 81.2. The summed E-state index contributed by atoms with van der Waals surface area (Å²) in [5.74, 6) is 27.8. The fourth-order valence-corrected chi connectivity index (χ4v) is 16.4. The molecule has 0 saturated heterocycles. The lowest BCUT2D eigenvalue weighted by Gasteiger charge is -2.12. The number of rotatable bonds is 39. The molecule has 16 aromatic rings. The van der Waals surface area contributed by atoms with Gasteiger partial charge in [-0.3, -0.25) is 24.7 Å². The number of pyridine rings is 4.